The predicted molar refractivity (Wildman–Crippen MR) is 76.7 cm³/mol. The lowest BCUT2D eigenvalue weighted by Gasteiger charge is -2.15. The lowest BCUT2D eigenvalue weighted by molar-refractivity contribution is 0.462. The SMILES string of the molecule is NC(CSc1cccc(Cl)c1)CC1CCCC1. The van der Waals surface area contributed by atoms with Crippen molar-refractivity contribution in [3.63, 3.8) is 0 Å². The summed E-state index contributed by atoms with van der Waals surface area (Å²) in [6.07, 6.45) is 6.76. The van der Waals surface area contributed by atoms with Gasteiger partial charge >= 0.3 is 0 Å². The lowest BCUT2D eigenvalue weighted by atomic mass is 10.00. The van der Waals surface area contributed by atoms with Crippen LogP contribution in [0.25, 0.3) is 0 Å². The summed E-state index contributed by atoms with van der Waals surface area (Å²) >= 11 is 7.77. The number of hydrogen-bond donors (Lipinski definition) is 1. The summed E-state index contributed by atoms with van der Waals surface area (Å²) < 4.78 is 0. The quantitative estimate of drug-likeness (QED) is 0.805. The minimum absolute atomic E-state index is 0.321. The Hall–Kier alpha value is -0.180. The van der Waals surface area contributed by atoms with Gasteiger partial charge in [-0.2, -0.15) is 0 Å². The molecule has 2 N–H and O–H groups in total. The van der Waals surface area contributed by atoms with Gasteiger partial charge in [-0.25, -0.2) is 0 Å². The fourth-order valence-corrected chi connectivity index (χ4v) is 3.68. The van der Waals surface area contributed by atoms with Gasteiger partial charge in [-0.15, -0.1) is 11.8 Å². The first-order valence-corrected chi connectivity index (χ1v) is 7.74. The number of hydrogen-bond acceptors (Lipinski definition) is 2. The van der Waals surface area contributed by atoms with Crippen molar-refractivity contribution < 1.29 is 0 Å². The molecule has 1 nitrogen and oxygen atoms in total. The molecule has 1 aromatic rings. The maximum atomic E-state index is 6.19. The van der Waals surface area contributed by atoms with Crippen LogP contribution in [0.15, 0.2) is 29.2 Å². The van der Waals surface area contributed by atoms with E-state index in [0.29, 0.717) is 6.04 Å². The van der Waals surface area contributed by atoms with Gasteiger partial charge in [0.15, 0.2) is 0 Å². The van der Waals surface area contributed by atoms with E-state index in [1.807, 2.05) is 30.0 Å². The standard InChI is InChI=1S/C14H20ClNS/c15-12-6-3-7-14(9-12)17-10-13(16)8-11-4-1-2-5-11/h3,6-7,9,11,13H,1-2,4-5,8,10,16H2. The minimum Gasteiger partial charge on any atom is -0.327 e. The molecule has 3 heteroatoms. The zero-order valence-corrected chi connectivity index (χ0v) is 11.6. The van der Waals surface area contributed by atoms with Gasteiger partial charge in [-0.05, 0) is 30.5 Å². The minimum atomic E-state index is 0.321. The first-order valence-electron chi connectivity index (χ1n) is 6.38. The van der Waals surface area contributed by atoms with E-state index in [9.17, 15) is 0 Å². The average Bonchev–Trinajstić information content (AvgIpc) is 2.79. The van der Waals surface area contributed by atoms with Crippen LogP contribution in [0.2, 0.25) is 5.02 Å². The number of rotatable bonds is 5. The summed E-state index contributed by atoms with van der Waals surface area (Å²) in [5.74, 6) is 1.88. The molecule has 0 aromatic heterocycles. The zero-order valence-electron chi connectivity index (χ0n) is 10.1. The molecular weight excluding hydrogens is 250 g/mol. The highest BCUT2D eigenvalue weighted by Gasteiger charge is 2.18. The van der Waals surface area contributed by atoms with Gasteiger partial charge in [-0.1, -0.05) is 43.4 Å². The summed E-state index contributed by atoms with van der Waals surface area (Å²) in [7, 11) is 0. The molecule has 1 saturated carbocycles. The van der Waals surface area contributed by atoms with Crippen LogP contribution in [-0.2, 0) is 0 Å². The molecule has 1 fully saturated rings. The van der Waals surface area contributed by atoms with E-state index in [-0.39, 0.29) is 0 Å². The molecule has 0 radical (unpaired) electrons. The molecule has 0 aliphatic heterocycles. The maximum absolute atomic E-state index is 6.19. The van der Waals surface area contributed by atoms with Gasteiger partial charge < -0.3 is 5.73 Å². The second-order valence-corrected chi connectivity index (χ2v) is 6.44. The van der Waals surface area contributed by atoms with Gasteiger partial charge in [-0.3, -0.25) is 0 Å². The number of halogens is 1. The van der Waals surface area contributed by atoms with Crippen molar-refractivity contribution in [1.29, 1.82) is 0 Å². The molecule has 1 unspecified atom stereocenters. The Bertz CT molecular complexity index is 350. The van der Waals surface area contributed by atoms with E-state index >= 15 is 0 Å². The highest BCUT2D eigenvalue weighted by molar-refractivity contribution is 7.99. The third kappa shape index (κ3) is 4.53. The Morgan fingerprint density at radius 2 is 2.12 bits per heavy atom. The van der Waals surface area contributed by atoms with E-state index in [4.69, 9.17) is 17.3 Å². The topological polar surface area (TPSA) is 26.0 Å². The Labute approximate surface area is 113 Å². The van der Waals surface area contributed by atoms with Crippen LogP contribution in [0, 0.1) is 5.92 Å². The van der Waals surface area contributed by atoms with Gasteiger partial charge in [0, 0.05) is 21.7 Å². The first kappa shape index (κ1) is 13.3. The van der Waals surface area contributed by atoms with E-state index in [2.05, 4.69) is 6.07 Å². The van der Waals surface area contributed by atoms with Crippen molar-refractivity contribution in [2.75, 3.05) is 5.75 Å². The molecule has 94 valence electrons. The van der Waals surface area contributed by atoms with Crippen LogP contribution in [0.5, 0.6) is 0 Å². The fraction of sp³-hybridized carbons (Fsp3) is 0.571. The van der Waals surface area contributed by atoms with Crippen LogP contribution < -0.4 is 5.73 Å². The molecule has 1 aromatic carbocycles. The molecule has 1 aliphatic carbocycles. The van der Waals surface area contributed by atoms with E-state index in [0.717, 1.165) is 16.7 Å². The summed E-state index contributed by atoms with van der Waals surface area (Å²) in [6.45, 7) is 0. The number of nitrogens with two attached hydrogens (primary N) is 1. The zero-order chi connectivity index (χ0) is 12.1. The lowest BCUT2D eigenvalue weighted by Crippen LogP contribution is -2.25. The third-order valence-corrected chi connectivity index (χ3v) is 4.79. The monoisotopic (exact) mass is 269 g/mol. The normalized spacial score (nSPS) is 18.5. The maximum Gasteiger partial charge on any atom is 0.0417 e. The summed E-state index contributed by atoms with van der Waals surface area (Å²) in [6, 6.07) is 8.33. The molecule has 0 heterocycles. The van der Waals surface area contributed by atoms with Crippen molar-refractivity contribution in [3.05, 3.63) is 29.3 Å². The molecule has 2 rings (SSSR count). The second-order valence-electron chi connectivity index (χ2n) is 4.91. The number of benzene rings is 1. The average molecular weight is 270 g/mol. The molecule has 0 spiro atoms. The van der Waals surface area contributed by atoms with Crippen LogP contribution in [0.4, 0.5) is 0 Å². The third-order valence-electron chi connectivity index (χ3n) is 3.37. The van der Waals surface area contributed by atoms with Gasteiger partial charge in [0.05, 0.1) is 0 Å². The van der Waals surface area contributed by atoms with E-state index in [1.165, 1.54) is 37.0 Å². The Morgan fingerprint density at radius 1 is 1.35 bits per heavy atom. The molecule has 0 bridgehead atoms. The summed E-state index contributed by atoms with van der Waals surface area (Å²) in [5.41, 5.74) is 6.19. The fourth-order valence-electron chi connectivity index (χ4n) is 2.50. The highest BCUT2D eigenvalue weighted by atomic mass is 35.5. The largest absolute Gasteiger partial charge is 0.327 e. The first-order chi connectivity index (χ1) is 8.24. The number of thioether (sulfide) groups is 1. The molecule has 1 atom stereocenters. The van der Waals surface area contributed by atoms with Crippen molar-refractivity contribution in [2.24, 2.45) is 11.7 Å². The van der Waals surface area contributed by atoms with Crippen LogP contribution in [-0.4, -0.2) is 11.8 Å². The van der Waals surface area contributed by atoms with Crippen molar-refractivity contribution >= 4 is 23.4 Å². The molecule has 1 aliphatic rings. The van der Waals surface area contributed by atoms with Crippen molar-refractivity contribution in [1.82, 2.24) is 0 Å². The van der Waals surface area contributed by atoms with Crippen LogP contribution in [0.3, 0.4) is 0 Å². The summed E-state index contributed by atoms with van der Waals surface area (Å²) in [4.78, 5) is 1.22. The van der Waals surface area contributed by atoms with Crippen molar-refractivity contribution in [2.45, 2.75) is 43.0 Å². The predicted octanol–water partition coefficient (Wildman–Crippen LogP) is 4.34. The Balaban J connectivity index is 1.73. The van der Waals surface area contributed by atoms with Gasteiger partial charge in [0.25, 0.3) is 0 Å². The van der Waals surface area contributed by atoms with E-state index < -0.39 is 0 Å². The Kier molecular flexibility index (Phi) is 5.20. The smallest absolute Gasteiger partial charge is 0.0417 e. The Morgan fingerprint density at radius 3 is 2.82 bits per heavy atom. The van der Waals surface area contributed by atoms with E-state index in [1.54, 1.807) is 0 Å². The van der Waals surface area contributed by atoms with Crippen LogP contribution >= 0.6 is 23.4 Å². The van der Waals surface area contributed by atoms with Gasteiger partial charge in [0.1, 0.15) is 0 Å². The molecular formula is C14H20ClNS. The highest BCUT2D eigenvalue weighted by Crippen LogP contribution is 2.29. The summed E-state index contributed by atoms with van der Waals surface area (Å²) in [5, 5.41) is 0.805. The second kappa shape index (κ2) is 6.67. The molecule has 0 amide bonds. The van der Waals surface area contributed by atoms with Crippen molar-refractivity contribution in [3.8, 4) is 0 Å². The van der Waals surface area contributed by atoms with Gasteiger partial charge in [0.2, 0.25) is 0 Å². The molecule has 17 heavy (non-hydrogen) atoms. The van der Waals surface area contributed by atoms with Crippen LogP contribution in [0.1, 0.15) is 32.1 Å². The molecule has 0 saturated heterocycles.